The molecule has 0 aliphatic heterocycles. The van der Waals surface area contributed by atoms with Crippen LogP contribution in [0.1, 0.15) is 20.3 Å². The maximum Gasteiger partial charge on any atom is 0.0940 e. The van der Waals surface area contributed by atoms with E-state index in [1.54, 1.807) is 0 Å². The summed E-state index contributed by atoms with van der Waals surface area (Å²) in [6, 6.07) is 1.72. The van der Waals surface area contributed by atoms with Gasteiger partial charge < -0.3 is 10.6 Å². The summed E-state index contributed by atoms with van der Waals surface area (Å²) in [5.74, 6) is 0. The first-order chi connectivity index (χ1) is 5.24. The Morgan fingerprint density at radius 2 is 2.00 bits per heavy atom. The van der Waals surface area contributed by atoms with Gasteiger partial charge in [0.15, 0.2) is 0 Å². The molecule has 2 N–H and O–H groups in total. The number of nitriles is 1. The van der Waals surface area contributed by atoms with Crippen LogP contribution in [0.15, 0.2) is 0 Å². The lowest BCUT2D eigenvalue weighted by Gasteiger charge is -2.17. The Kier molecular flexibility index (Phi) is 5.81. The summed E-state index contributed by atoms with van der Waals surface area (Å²) >= 11 is 0. The van der Waals surface area contributed by atoms with Crippen molar-refractivity contribution in [3.8, 4) is 6.07 Å². The SMILES string of the molecule is CCN(CC)CCC(N)C#N. The van der Waals surface area contributed by atoms with Crippen LogP contribution in [-0.4, -0.2) is 30.6 Å². The van der Waals surface area contributed by atoms with Crippen LogP contribution in [0.4, 0.5) is 0 Å². The van der Waals surface area contributed by atoms with Crippen molar-refractivity contribution in [3.63, 3.8) is 0 Å². The molecule has 0 saturated heterocycles. The Balaban J connectivity index is 3.44. The van der Waals surface area contributed by atoms with E-state index in [9.17, 15) is 0 Å². The monoisotopic (exact) mass is 155 g/mol. The van der Waals surface area contributed by atoms with Gasteiger partial charge in [0.05, 0.1) is 12.1 Å². The Morgan fingerprint density at radius 1 is 1.45 bits per heavy atom. The first-order valence-electron chi connectivity index (χ1n) is 4.12. The molecule has 0 aromatic carbocycles. The van der Waals surface area contributed by atoms with E-state index >= 15 is 0 Å². The summed E-state index contributed by atoms with van der Waals surface area (Å²) < 4.78 is 0. The Hall–Kier alpha value is -0.590. The molecule has 3 nitrogen and oxygen atoms in total. The van der Waals surface area contributed by atoms with Gasteiger partial charge in [0, 0.05) is 6.54 Å². The maximum absolute atomic E-state index is 8.40. The topological polar surface area (TPSA) is 53.0 Å². The van der Waals surface area contributed by atoms with Crippen LogP contribution >= 0.6 is 0 Å². The summed E-state index contributed by atoms with van der Waals surface area (Å²) in [4.78, 5) is 2.26. The third-order valence-electron chi connectivity index (χ3n) is 1.82. The van der Waals surface area contributed by atoms with Gasteiger partial charge >= 0.3 is 0 Å². The lowest BCUT2D eigenvalue weighted by atomic mass is 10.2. The van der Waals surface area contributed by atoms with Crippen LogP contribution < -0.4 is 5.73 Å². The molecule has 1 atom stereocenters. The average Bonchev–Trinajstić information content (AvgIpc) is 2.06. The lowest BCUT2D eigenvalue weighted by molar-refractivity contribution is 0.296. The van der Waals surface area contributed by atoms with Gasteiger partial charge in [-0.1, -0.05) is 13.8 Å². The van der Waals surface area contributed by atoms with E-state index in [4.69, 9.17) is 11.0 Å². The second-order valence-electron chi connectivity index (χ2n) is 2.55. The highest BCUT2D eigenvalue weighted by Gasteiger charge is 2.02. The highest BCUT2D eigenvalue weighted by atomic mass is 15.1. The molecule has 0 aromatic heterocycles. The summed E-state index contributed by atoms with van der Waals surface area (Å²) in [7, 11) is 0. The molecule has 64 valence electrons. The highest BCUT2D eigenvalue weighted by molar-refractivity contribution is 4.86. The van der Waals surface area contributed by atoms with Gasteiger partial charge in [0.2, 0.25) is 0 Å². The smallest absolute Gasteiger partial charge is 0.0940 e. The molecule has 0 saturated carbocycles. The van der Waals surface area contributed by atoms with Gasteiger partial charge in [0.1, 0.15) is 0 Å². The van der Waals surface area contributed by atoms with Gasteiger partial charge in [-0.25, -0.2) is 0 Å². The van der Waals surface area contributed by atoms with E-state index in [-0.39, 0.29) is 6.04 Å². The van der Waals surface area contributed by atoms with E-state index in [0.717, 1.165) is 26.1 Å². The normalized spacial score (nSPS) is 13.0. The van der Waals surface area contributed by atoms with E-state index in [2.05, 4.69) is 18.7 Å². The van der Waals surface area contributed by atoms with Crippen molar-refractivity contribution < 1.29 is 0 Å². The predicted molar refractivity (Wildman–Crippen MR) is 46.0 cm³/mol. The van der Waals surface area contributed by atoms with E-state index in [1.165, 1.54) is 0 Å². The number of hydrogen-bond acceptors (Lipinski definition) is 3. The van der Waals surface area contributed by atoms with Crippen molar-refractivity contribution in [1.29, 1.82) is 5.26 Å². The minimum absolute atomic E-state index is 0.296. The van der Waals surface area contributed by atoms with E-state index < -0.39 is 0 Å². The molecule has 0 bridgehead atoms. The molecule has 0 radical (unpaired) electrons. The number of nitrogens with two attached hydrogens (primary N) is 1. The van der Waals surface area contributed by atoms with Crippen LogP contribution in [0.25, 0.3) is 0 Å². The first-order valence-corrected chi connectivity index (χ1v) is 4.12. The largest absolute Gasteiger partial charge is 0.316 e. The Labute approximate surface area is 68.8 Å². The zero-order chi connectivity index (χ0) is 8.69. The lowest BCUT2D eigenvalue weighted by Crippen LogP contribution is -2.29. The molecule has 0 amide bonds. The second-order valence-corrected chi connectivity index (χ2v) is 2.55. The molecule has 1 unspecified atom stereocenters. The first kappa shape index (κ1) is 10.4. The van der Waals surface area contributed by atoms with Crippen LogP contribution in [-0.2, 0) is 0 Å². The fourth-order valence-electron chi connectivity index (χ4n) is 0.926. The number of hydrogen-bond donors (Lipinski definition) is 1. The summed E-state index contributed by atoms with van der Waals surface area (Å²) in [5.41, 5.74) is 5.44. The third-order valence-corrected chi connectivity index (χ3v) is 1.82. The van der Waals surface area contributed by atoms with Gasteiger partial charge in [-0.05, 0) is 19.5 Å². The molecule has 11 heavy (non-hydrogen) atoms. The van der Waals surface area contributed by atoms with E-state index in [0.29, 0.717) is 0 Å². The van der Waals surface area contributed by atoms with Crippen molar-refractivity contribution in [3.05, 3.63) is 0 Å². The van der Waals surface area contributed by atoms with Crippen LogP contribution in [0.2, 0.25) is 0 Å². The zero-order valence-electron chi connectivity index (χ0n) is 7.38. The van der Waals surface area contributed by atoms with Crippen LogP contribution in [0, 0.1) is 11.3 Å². The predicted octanol–water partition coefficient (Wildman–Crippen LogP) is 0.569. The van der Waals surface area contributed by atoms with Crippen molar-refractivity contribution in [1.82, 2.24) is 4.90 Å². The Bertz CT molecular complexity index is 124. The van der Waals surface area contributed by atoms with Gasteiger partial charge in [-0.3, -0.25) is 0 Å². The van der Waals surface area contributed by atoms with Crippen LogP contribution in [0.5, 0.6) is 0 Å². The highest BCUT2D eigenvalue weighted by Crippen LogP contribution is 1.92. The summed E-state index contributed by atoms with van der Waals surface area (Å²) in [6.45, 7) is 7.23. The molecule has 0 aliphatic carbocycles. The van der Waals surface area contributed by atoms with Crippen molar-refractivity contribution in [2.24, 2.45) is 5.73 Å². The summed E-state index contributed by atoms with van der Waals surface area (Å²) in [5, 5.41) is 8.40. The van der Waals surface area contributed by atoms with Gasteiger partial charge in [-0.2, -0.15) is 5.26 Å². The van der Waals surface area contributed by atoms with Gasteiger partial charge in [0.25, 0.3) is 0 Å². The second kappa shape index (κ2) is 6.14. The van der Waals surface area contributed by atoms with Crippen molar-refractivity contribution in [2.45, 2.75) is 26.3 Å². The molecule has 0 fully saturated rings. The fourth-order valence-corrected chi connectivity index (χ4v) is 0.926. The van der Waals surface area contributed by atoms with Crippen molar-refractivity contribution in [2.75, 3.05) is 19.6 Å². The zero-order valence-corrected chi connectivity index (χ0v) is 7.38. The average molecular weight is 155 g/mol. The Morgan fingerprint density at radius 3 is 2.36 bits per heavy atom. The molecule has 0 aliphatic rings. The van der Waals surface area contributed by atoms with Gasteiger partial charge in [-0.15, -0.1) is 0 Å². The van der Waals surface area contributed by atoms with Crippen molar-refractivity contribution >= 4 is 0 Å². The quantitative estimate of drug-likeness (QED) is 0.631. The maximum atomic E-state index is 8.40. The standard InChI is InChI=1S/C8H17N3/c1-3-11(4-2)6-5-8(10)7-9/h8H,3-6,10H2,1-2H3. The van der Waals surface area contributed by atoms with E-state index in [1.807, 2.05) is 6.07 Å². The van der Waals surface area contributed by atoms with Crippen LogP contribution in [0.3, 0.4) is 0 Å². The molecule has 0 rings (SSSR count). The molecule has 0 heterocycles. The molecular weight excluding hydrogens is 138 g/mol. The minimum Gasteiger partial charge on any atom is -0.316 e. The summed E-state index contributed by atoms with van der Waals surface area (Å²) in [6.07, 6.45) is 0.776. The minimum atomic E-state index is -0.296. The fraction of sp³-hybridized carbons (Fsp3) is 0.875. The third kappa shape index (κ3) is 4.77. The number of nitrogens with zero attached hydrogens (tertiary/aromatic N) is 2. The molecule has 3 heteroatoms. The molecule has 0 aromatic rings. The molecular formula is C8H17N3. The number of rotatable bonds is 5. The molecule has 0 spiro atoms.